The summed E-state index contributed by atoms with van der Waals surface area (Å²) in [5.74, 6) is -3.06. The van der Waals surface area contributed by atoms with Gasteiger partial charge in [0.25, 0.3) is 5.91 Å². The maximum Gasteiger partial charge on any atom is 0.291 e. The van der Waals surface area contributed by atoms with Gasteiger partial charge in [0, 0.05) is 29.5 Å². The van der Waals surface area contributed by atoms with Crippen molar-refractivity contribution in [2.45, 2.75) is 12.6 Å². The van der Waals surface area contributed by atoms with Crippen LogP contribution in [0.3, 0.4) is 0 Å². The van der Waals surface area contributed by atoms with Crippen molar-refractivity contribution in [2.24, 2.45) is 5.92 Å². The molecule has 2 atom stereocenters. The first kappa shape index (κ1) is 19.8. The Labute approximate surface area is 177 Å². The number of aromatic hydroxyl groups is 1. The fourth-order valence-corrected chi connectivity index (χ4v) is 3.81. The number of likely N-dealkylation sites (tertiary alicyclic amines) is 1. The molecule has 0 radical (unpaired) electrons. The van der Waals surface area contributed by atoms with E-state index in [1.165, 1.54) is 17.0 Å². The van der Waals surface area contributed by atoms with E-state index in [4.69, 9.17) is 11.6 Å². The monoisotopic (exact) mass is 420 g/mol. The lowest BCUT2D eigenvalue weighted by Gasteiger charge is -2.27. The quantitative estimate of drug-likeness (QED) is 0.387. The van der Waals surface area contributed by atoms with E-state index in [0.29, 0.717) is 16.1 Å². The fourth-order valence-electron chi connectivity index (χ4n) is 3.68. The van der Waals surface area contributed by atoms with Gasteiger partial charge in [-0.05, 0) is 53.6 Å². The molecule has 4 rings (SSSR count). The Morgan fingerprint density at radius 1 is 1.03 bits per heavy atom. The van der Waals surface area contributed by atoms with E-state index in [-0.39, 0.29) is 12.3 Å². The molecule has 1 aliphatic heterocycles. The zero-order valence-corrected chi connectivity index (χ0v) is 16.5. The number of carbonyl (C=O) groups is 3. The molecule has 1 saturated heterocycles. The molecule has 1 amide bonds. The third-order valence-corrected chi connectivity index (χ3v) is 5.38. The van der Waals surface area contributed by atoms with Crippen LogP contribution in [0.5, 0.6) is 5.75 Å². The first-order valence-corrected chi connectivity index (χ1v) is 9.66. The van der Waals surface area contributed by atoms with Crippen LogP contribution in [0.1, 0.15) is 27.5 Å². The van der Waals surface area contributed by atoms with Gasteiger partial charge in [-0.25, -0.2) is 0 Å². The van der Waals surface area contributed by atoms with Crippen LogP contribution in [-0.4, -0.2) is 32.5 Å². The second-order valence-corrected chi connectivity index (χ2v) is 7.48. The van der Waals surface area contributed by atoms with Crippen molar-refractivity contribution in [3.63, 3.8) is 0 Å². The van der Waals surface area contributed by atoms with Gasteiger partial charge in [0.15, 0.2) is 5.78 Å². The van der Waals surface area contributed by atoms with E-state index in [9.17, 15) is 19.5 Å². The van der Waals surface area contributed by atoms with Gasteiger partial charge in [0.2, 0.25) is 5.78 Å². The first-order chi connectivity index (χ1) is 14.5. The molecule has 1 aliphatic rings. The summed E-state index contributed by atoms with van der Waals surface area (Å²) in [5.41, 5.74) is 1.63. The number of carbonyl (C=O) groups excluding carboxylic acids is 3. The Morgan fingerprint density at radius 2 is 1.73 bits per heavy atom. The third kappa shape index (κ3) is 3.69. The maximum atomic E-state index is 13.3. The molecule has 1 fully saturated rings. The van der Waals surface area contributed by atoms with Crippen LogP contribution in [0.15, 0.2) is 73.1 Å². The SMILES string of the molecule is O=C1C(=O)N(Cc2cccnc2)C(c2ccc(O)cc2)C1C(=O)c1ccc(Cl)cc1. The van der Waals surface area contributed by atoms with Crippen molar-refractivity contribution < 1.29 is 19.5 Å². The molecule has 2 aromatic carbocycles. The van der Waals surface area contributed by atoms with Crippen LogP contribution in [0.4, 0.5) is 0 Å². The molecular weight excluding hydrogens is 404 g/mol. The predicted octanol–water partition coefficient (Wildman–Crippen LogP) is 3.59. The van der Waals surface area contributed by atoms with Crippen LogP contribution in [0.25, 0.3) is 0 Å². The number of aromatic nitrogens is 1. The molecule has 2 heterocycles. The lowest BCUT2D eigenvalue weighted by molar-refractivity contribution is -0.141. The van der Waals surface area contributed by atoms with E-state index in [1.807, 2.05) is 0 Å². The Hall–Kier alpha value is -3.51. The average Bonchev–Trinajstić information content (AvgIpc) is 3.00. The summed E-state index contributed by atoms with van der Waals surface area (Å²) in [6, 6.07) is 15.1. The minimum atomic E-state index is -1.19. The second kappa shape index (κ2) is 8.08. The van der Waals surface area contributed by atoms with Crippen LogP contribution in [0.2, 0.25) is 5.02 Å². The number of rotatable bonds is 5. The minimum Gasteiger partial charge on any atom is -0.508 e. The lowest BCUT2D eigenvalue weighted by atomic mass is 9.86. The first-order valence-electron chi connectivity index (χ1n) is 9.28. The van der Waals surface area contributed by atoms with E-state index in [1.54, 1.807) is 60.9 Å². The largest absolute Gasteiger partial charge is 0.508 e. The molecular formula is C23H17ClN2O4. The van der Waals surface area contributed by atoms with E-state index in [0.717, 1.165) is 5.56 Å². The molecule has 3 aromatic rings. The lowest BCUT2D eigenvalue weighted by Crippen LogP contribution is -2.30. The van der Waals surface area contributed by atoms with Crippen LogP contribution < -0.4 is 0 Å². The summed E-state index contributed by atoms with van der Waals surface area (Å²) in [5, 5.41) is 10.1. The zero-order valence-electron chi connectivity index (χ0n) is 15.7. The van der Waals surface area contributed by atoms with Crippen molar-refractivity contribution in [3.05, 3.63) is 94.8 Å². The Morgan fingerprint density at radius 3 is 2.37 bits per heavy atom. The molecule has 0 saturated carbocycles. The van der Waals surface area contributed by atoms with Crippen molar-refractivity contribution >= 4 is 29.1 Å². The number of phenolic OH excluding ortho intramolecular Hbond substituents is 1. The fraction of sp³-hybridized carbons (Fsp3) is 0.130. The molecule has 0 spiro atoms. The Balaban J connectivity index is 1.77. The van der Waals surface area contributed by atoms with E-state index >= 15 is 0 Å². The summed E-state index contributed by atoms with van der Waals surface area (Å²) in [6.45, 7) is 0.133. The topological polar surface area (TPSA) is 87.6 Å². The van der Waals surface area contributed by atoms with Crippen LogP contribution >= 0.6 is 11.6 Å². The highest BCUT2D eigenvalue weighted by atomic mass is 35.5. The summed E-state index contributed by atoms with van der Waals surface area (Å²) in [4.78, 5) is 44.5. The normalized spacial score (nSPS) is 18.6. The van der Waals surface area contributed by atoms with Crippen molar-refractivity contribution in [1.82, 2.24) is 9.88 Å². The van der Waals surface area contributed by atoms with Gasteiger partial charge >= 0.3 is 0 Å². The van der Waals surface area contributed by atoms with Gasteiger partial charge in [-0.15, -0.1) is 0 Å². The smallest absolute Gasteiger partial charge is 0.291 e. The van der Waals surface area contributed by atoms with Crippen molar-refractivity contribution in [2.75, 3.05) is 0 Å². The Bertz CT molecular complexity index is 1100. The van der Waals surface area contributed by atoms with Gasteiger partial charge in [-0.1, -0.05) is 29.8 Å². The van der Waals surface area contributed by atoms with E-state index < -0.39 is 29.4 Å². The van der Waals surface area contributed by atoms with Gasteiger partial charge in [0.1, 0.15) is 11.7 Å². The summed E-state index contributed by atoms with van der Waals surface area (Å²) >= 11 is 5.91. The molecule has 150 valence electrons. The zero-order chi connectivity index (χ0) is 21.3. The maximum absolute atomic E-state index is 13.3. The standard InChI is InChI=1S/C23H17ClN2O4/c24-17-7-3-16(4-8-17)21(28)19-20(15-5-9-18(27)10-6-15)26(23(30)22(19)29)13-14-2-1-11-25-12-14/h1-12,19-20,27H,13H2. The highest BCUT2D eigenvalue weighted by Crippen LogP contribution is 2.39. The number of nitrogens with zero attached hydrogens (tertiary/aromatic N) is 2. The number of amides is 1. The van der Waals surface area contributed by atoms with Gasteiger partial charge in [-0.3, -0.25) is 19.4 Å². The number of hydrogen-bond acceptors (Lipinski definition) is 5. The van der Waals surface area contributed by atoms with Crippen molar-refractivity contribution in [1.29, 1.82) is 0 Å². The molecule has 0 aliphatic carbocycles. The van der Waals surface area contributed by atoms with Gasteiger partial charge in [0.05, 0.1) is 6.04 Å². The van der Waals surface area contributed by atoms with Crippen LogP contribution in [-0.2, 0) is 16.1 Å². The molecule has 2 unspecified atom stereocenters. The number of benzene rings is 2. The van der Waals surface area contributed by atoms with Gasteiger partial charge < -0.3 is 10.0 Å². The molecule has 1 aromatic heterocycles. The van der Waals surface area contributed by atoms with E-state index in [2.05, 4.69) is 4.98 Å². The number of hydrogen-bond donors (Lipinski definition) is 1. The molecule has 7 heteroatoms. The summed E-state index contributed by atoms with van der Waals surface area (Å²) in [6.07, 6.45) is 3.23. The molecule has 6 nitrogen and oxygen atoms in total. The highest BCUT2D eigenvalue weighted by Gasteiger charge is 2.51. The number of halogens is 1. The predicted molar refractivity (Wildman–Crippen MR) is 110 cm³/mol. The highest BCUT2D eigenvalue weighted by molar-refractivity contribution is 6.44. The molecule has 30 heavy (non-hydrogen) atoms. The number of ketones is 2. The minimum absolute atomic E-state index is 0.0498. The third-order valence-electron chi connectivity index (χ3n) is 5.13. The number of Topliss-reactive ketones (excluding diaryl/α,β-unsaturated/α-hetero) is 2. The summed E-state index contributed by atoms with van der Waals surface area (Å²) in [7, 11) is 0. The number of pyridine rings is 1. The van der Waals surface area contributed by atoms with Crippen molar-refractivity contribution in [3.8, 4) is 5.75 Å². The summed E-state index contributed by atoms with van der Waals surface area (Å²) < 4.78 is 0. The molecule has 1 N–H and O–H groups in total. The van der Waals surface area contributed by atoms with Gasteiger partial charge in [-0.2, -0.15) is 0 Å². The Kier molecular flexibility index (Phi) is 5.33. The average molecular weight is 421 g/mol. The second-order valence-electron chi connectivity index (χ2n) is 7.04. The number of phenols is 1. The molecule has 0 bridgehead atoms. The van der Waals surface area contributed by atoms with Crippen LogP contribution in [0, 0.1) is 5.92 Å².